The lowest BCUT2D eigenvalue weighted by Gasteiger charge is -2.33. The van der Waals surface area contributed by atoms with Crippen LogP contribution < -0.4 is 32.7 Å². The summed E-state index contributed by atoms with van der Waals surface area (Å²) in [6.45, 7) is 4.64. The van der Waals surface area contributed by atoms with Crippen molar-refractivity contribution in [3.63, 3.8) is 0 Å². The van der Waals surface area contributed by atoms with Gasteiger partial charge in [-0.15, -0.1) is 0 Å². The number of guanidine groups is 1. The zero-order chi connectivity index (χ0) is 43.1. The first-order chi connectivity index (χ1) is 27.5. The third-order valence-corrected chi connectivity index (χ3v) is 9.20. The maximum Gasteiger partial charge on any atom is 0.490 e. The fourth-order valence-corrected chi connectivity index (χ4v) is 6.29. The highest BCUT2D eigenvalue weighted by atomic mass is 19.4. The second-order valence-electron chi connectivity index (χ2n) is 14.5. The van der Waals surface area contributed by atoms with E-state index in [0.29, 0.717) is 25.8 Å². The van der Waals surface area contributed by atoms with Crippen LogP contribution in [0.15, 0.2) is 65.7 Å². The Morgan fingerprint density at radius 2 is 1.47 bits per heavy atom. The molecule has 0 unspecified atom stereocenters. The van der Waals surface area contributed by atoms with E-state index in [9.17, 15) is 37.5 Å². The van der Waals surface area contributed by atoms with Gasteiger partial charge in [-0.1, -0.05) is 93.8 Å². The summed E-state index contributed by atoms with van der Waals surface area (Å²) in [7, 11) is 0. The predicted octanol–water partition coefficient (Wildman–Crippen LogP) is 3.67. The summed E-state index contributed by atoms with van der Waals surface area (Å²) < 4.78 is 37.1. The van der Waals surface area contributed by atoms with Crippen molar-refractivity contribution in [3.8, 4) is 0 Å². The van der Waals surface area contributed by atoms with Crippen molar-refractivity contribution < 1.29 is 52.1 Å². The van der Waals surface area contributed by atoms with Crippen molar-refractivity contribution in [3.05, 3.63) is 71.8 Å². The number of ether oxygens (including phenoxy) is 1. The largest absolute Gasteiger partial charge is 0.490 e. The van der Waals surface area contributed by atoms with E-state index in [-0.39, 0.29) is 49.7 Å². The average Bonchev–Trinajstić information content (AvgIpc) is 3.17. The van der Waals surface area contributed by atoms with Crippen LogP contribution in [0.2, 0.25) is 0 Å². The second kappa shape index (κ2) is 25.8. The highest BCUT2D eigenvalue weighted by molar-refractivity contribution is 5.91. The number of aliphatic hydroxyl groups excluding tert-OH is 1. The number of carboxylic acid groups (broad SMARTS) is 1. The smallest absolute Gasteiger partial charge is 0.475 e. The van der Waals surface area contributed by atoms with Crippen molar-refractivity contribution in [2.24, 2.45) is 28.3 Å². The Hall–Kier alpha value is -5.39. The van der Waals surface area contributed by atoms with Crippen LogP contribution in [0.3, 0.4) is 0 Å². The summed E-state index contributed by atoms with van der Waals surface area (Å²) in [6, 6.07) is 16.3. The Kier molecular flexibility index (Phi) is 21.7. The van der Waals surface area contributed by atoms with E-state index in [1.165, 1.54) is 0 Å². The highest BCUT2D eigenvalue weighted by Crippen LogP contribution is 2.27. The number of alkyl carbamates (subject to hydrolysis) is 1. The van der Waals surface area contributed by atoms with Crippen molar-refractivity contribution >= 4 is 35.7 Å². The molecule has 2 aromatic rings. The number of benzene rings is 2. The Bertz CT molecular complexity index is 1590. The number of carbonyl (C=O) groups is 5. The van der Waals surface area contributed by atoms with E-state index in [4.69, 9.17) is 26.1 Å². The Labute approximate surface area is 336 Å². The van der Waals surface area contributed by atoms with Gasteiger partial charge in [0.2, 0.25) is 17.7 Å². The summed E-state index contributed by atoms with van der Waals surface area (Å²) in [5.74, 6) is -4.17. The van der Waals surface area contributed by atoms with Gasteiger partial charge in [0, 0.05) is 13.1 Å². The molecule has 58 heavy (non-hydrogen) atoms. The SMILES string of the molecule is CC(C)C[C@H](NC(=O)[C@@H](NC(=O)[C@H](CCCN=C(N)N)NC(=O)OCc1ccccc1)C1CCCCC1)[C@@H](O)CC(=O)NCCc1ccccc1.O=C(O)C(F)(F)F. The minimum absolute atomic E-state index is 0.0206. The van der Waals surface area contributed by atoms with Crippen LogP contribution in [0.25, 0.3) is 0 Å². The molecule has 10 N–H and O–H groups in total. The number of carboxylic acids is 1. The van der Waals surface area contributed by atoms with Gasteiger partial charge in [-0.2, -0.15) is 13.2 Å². The fourth-order valence-electron chi connectivity index (χ4n) is 6.29. The molecule has 15 nitrogen and oxygen atoms in total. The van der Waals surface area contributed by atoms with Gasteiger partial charge in [0.05, 0.1) is 18.6 Å². The number of hydrogen-bond acceptors (Lipinski definition) is 8. The zero-order valence-electron chi connectivity index (χ0n) is 33.0. The molecule has 0 radical (unpaired) electrons. The number of rotatable bonds is 20. The number of hydrogen-bond donors (Lipinski definition) is 8. The third kappa shape index (κ3) is 20.2. The maximum absolute atomic E-state index is 14.0. The molecule has 1 saturated carbocycles. The topological polar surface area (TPSA) is 248 Å². The number of carbonyl (C=O) groups excluding carboxylic acids is 4. The van der Waals surface area contributed by atoms with Crippen molar-refractivity contribution in [2.45, 2.75) is 115 Å². The van der Waals surface area contributed by atoms with Crippen LogP contribution in [0.5, 0.6) is 0 Å². The Morgan fingerprint density at radius 3 is 2.02 bits per heavy atom. The van der Waals surface area contributed by atoms with Crippen LogP contribution in [0, 0.1) is 11.8 Å². The number of aliphatic hydroxyl groups is 1. The quantitative estimate of drug-likeness (QED) is 0.0547. The molecule has 0 spiro atoms. The van der Waals surface area contributed by atoms with Crippen LogP contribution >= 0.6 is 0 Å². The average molecular weight is 822 g/mol. The third-order valence-electron chi connectivity index (χ3n) is 9.20. The van der Waals surface area contributed by atoms with Gasteiger partial charge in [0.15, 0.2) is 5.96 Å². The molecular formula is C40H58F3N7O8. The Morgan fingerprint density at radius 1 is 0.879 bits per heavy atom. The first kappa shape index (κ1) is 48.8. The van der Waals surface area contributed by atoms with Crippen LogP contribution in [-0.4, -0.2) is 89.5 Å². The monoisotopic (exact) mass is 821 g/mol. The standard InChI is InChI=1S/C38H57N7O6.C2HF3O2/c1-26(2)23-31(32(46)24-33(47)41-22-20-27-13-6-3-7-14-27)43-36(49)34(29-17-10-5-11-18-29)45-35(48)30(19-12-21-42-37(39)40)44-38(50)51-25-28-15-8-4-9-16-28;3-2(4,5)1(6)7/h3-4,6-9,13-16,26,29-32,34,46H,5,10-12,17-25H2,1-2H3,(H,41,47)(H,43,49)(H,44,50)(H,45,48)(H4,39,40,42);(H,6,7)/t30-,31-,32-,34-;/m0./s1. The zero-order valence-corrected chi connectivity index (χ0v) is 33.0. The van der Waals surface area contributed by atoms with Gasteiger partial charge in [-0.05, 0) is 61.5 Å². The molecule has 1 fully saturated rings. The summed E-state index contributed by atoms with van der Waals surface area (Å²) >= 11 is 0. The predicted molar refractivity (Wildman–Crippen MR) is 211 cm³/mol. The molecule has 18 heteroatoms. The van der Waals surface area contributed by atoms with Gasteiger partial charge < -0.3 is 47.7 Å². The first-order valence-electron chi connectivity index (χ1n) is 19.4. The van der Waals surface area contributed by atoms with Crippen LogP contribution in [0.4, 0.5) is 18.0 Å². The lowest BCUT2D eigenvalue weighted by Crippen LogP contribution is -2.59. The van der Waals surface area contributed by atoms with Gasteiger partial charge in [-0.3, -0.25) is 19.4 Å². The van der Waals surface area contributed by atoms with E-state index in [1.54, 1.807) is 0 Å². The van der Waals surface area contributed by atoms with Gasteiger partial charge in [0.1, 0.15) is 18.7 Å². The lowest BCUT2D eigenvalue weighted by molar-refractivity contribution is -0.192. The fraction of sp³-hybridized carbons (Fsp3) is 0.550. The van der Waals surface area contributed by atoms with E-state index < -0.39 is 54.3 Å². The minimum atomic E-state index is -5.08. The first-order valence-corrected chi connectivity index (χ1v) is 19.4. The number of amides is 4. The van der Waals surface area contributed by atoms with E-state index in [0.717, 1.165) is 43.2 Å². The molecule has 0 aromatic heterocycles. The highest BCUT2D eigenvalue weighted by Gasteiger charge is 2.38. The molecule has 0 heterocycles. The summed E-state index contributed by atoms with van der Waals surface area (Å²) in [6.07, 6.45) is -1.18. The van der Waals surface area contributed by atoms with Gasteiger partial charge >= 0.3 is 18.2 Å². The molecule has 1 aliphatic carbocycles. The van der Waals surface area contributed by atoms with Crippen molar-refractivity contribution in [2.75, 3.05) is 13.1 Å². The number of aliphatic carboxylic acids is 1. The number of nitrogens with zero attached hydrogens (tertiary/aromatic N) is 1. The molecule has 322 valence electrons. The van der Waals surface area contributed by atoms with Crippen LogP contribution in [0.1, 0.15) is 82.8 Å². The molecule has 0 saturated heterocycles. The summed E-state index contributed by atoms with van der Waals surface area (Å²) in [5, 5.41) is 29.7. The molecular weight excluding hydrogens is 763 g/mol. The van der Waals surface area contributed by atoms with E-state index >= 15 is 0 Å². The summed E-state index contributed by atoms with van der Waals surface area (Å²) in [5.41, 5.74) is 12.8. The van der Waals surface area contributed by atoms with E-state index in [2.05, 4.69) is 26.3 Å². The van der Waals surface area contributed by atoms with E-state index in [1.807, 2.05) is 74.5 Å². The number of nitrogens with two attached hydrogens (primary N) is 2. The van der Waals surface area contributed by atoms with Crippen molar-refractivity contribution in [1.82, 2.24) is 21.3 Å². The molecule has 4 amide bonds. The molecule has 3 rings (SSSR count). The molecule has 0 aliphatic heterocycles. The van der Waals surface area contributed by atoms with Gasteiger partial charge in [-0.25, -0.2) is 9.59 Å². The Balaban J connectivity index is 0.00000151. The summed E-state index contributed by atoms with van der Waals surface area (Å²) in [4.78, 5) is 66.3. The number of nitrogens with one attached hydrogen (secondary N) is 4. The normalized spacial score (nSPS) is 14.9. The number of halogens is 3. The number of alkyl halides is 3. The minimum Gasteiger partial charge on any atom is -0.475 e. The van der Waals surface area contributed by atoms with Crippen LogP contribution in [-0.2, 0) is 36.9 Å². The molecule has 4 atom stereocenters. The maximum atomic E-state index is 14.0. The molecule has 2 aromatic carbocycles. The molecule has 1 aliphatic rings. The second-order valence-corrected chi connectivity index (χ2v) is 14.5. The van der Waals surface area contributed by atoms with Gasteiger partial charge in [0.25, 0.3) is 0 Å². The van der Waals surface area contributed by atoms with Crippen molar-refractivity contribution in [1.29, 1.82) is 0 Å². The number of aliphatic imine (C=N–C) groups is 1. The molecule has 0 bridgehead atoms. The lowest BCUT2D eigenvalue weighted by atomic mass is 9.83.